The topological polar surface area (TPSA) is 9.23 Å². The molecule has 0 aromatic heterocycles. The highest BCUT2D eigenvalue weighted by Crippen LogP contribution is 2.45. The zero-order chi connectivity index (χ0) is 5.45. The summed E-state index contributed by atoms with van der Waals surface area (Å²) in [4.78, 5) is 0. The zero-order valence-electron chi connectivity index (χ0n) is 5.02. The molecule has 0 N–H and O–H groups in total. The summed E-state index contributed by atoms with van der Waals surface area (Å²) in [6, 6.07) is 0. The summed E-state index contributed by atoms with van der Waals surface area (Å²) >= 11 is 0. The molecule has 1 heteroatoms. The van der Waals surface area contributed by atoms with Crippen molar-refractivity contribution in [1.29, 1.82) is 0 Å². The highest BCUT2D eigenvalue weighted by Gasteiger charge is 2.40. The summed E-state index contributed by atoms with van der Waals surface area (Å²) < 4.78 is 5.27. The van der Waals surface area contributed by atoms with E-state index in [1.54, 1.807) is 0 Å². The molecule has 2 aliphatic rings. The van der Waals surface area contributed by atoms with Crippen LogP contribution < -0.4 is 0 Å². The molecule has 2 fully saturated rings. The summed E-state index contributed by atoms with van der Waals surface area (Å²) in [5, 5.41) is 0. The number of rotatable bonds is 0. The van der Waals surface area contributed by atoms with Crippen LogP contribution in [0.2, 0.25) is 0 Å². The molecule has 1 nitrogen and oxygen atoms in total. The SMILES string of the molecule is [CH]1CCC12CCOC2. The van der Waals surface area contributed by atoms with Crippen LogP contribution >= 0.6 is 0 Å². The normalized spacial score (nSPS) is 33.0. The number of ether oxygens (including phenoxy) is 1. The van der Waals surface area contributed by atoms with Gasteiger partial charge in [0.25, 0.3) is 0 Å². The van der Waals surface area contributed by atoms with Gasteiger partial charge in [0.15, 0.2) is 0 Å². The maximum absolute atomic E-state index is 5.27. The van der Waals surface area contributed by atoms with E-state index in [-0.39, 0.29) is 0 Å². The lowest BCUT2D eigenvalue weighted by atomic mass is 9.69. The molecule has 0 aromatic rings. The summed E-state index contributed by atoms with van der Waals surface area (Å²) in [7, 11) is 0. The van der Waals surface area contributed by atoms with E-state index in [4.69, 9.17) is 4.74 Å². The Morgan fingerprint density at radius 3 is 2.50 bits per heavy atom. The van der Waals surface area contributed by atoms with E-state index in [1.807, 2.05) is 0 Å². The minimum Gasteiger partial charge on any atom is -0.381 e. The Bertz CT molecular complexity index is 86.6. The van der Waals surface area contributed by atoms with Gasteiger partial charge in [-0.15, -0.1) is 0 Å². The van der Waals surface area contributed by atoms with Gasteiger partial charge in [0.1, 0.15) is 0 Å². The van der Waals surface area contributed by atoms with Crippen LogP contribution in [0.25, 0.3) is 0 Å². The van der Waals surface area contributed by atoms with Crippen LogP contribution in [-0.4, -0.2) is 13.2 Å². The van der Waals surface area contributed by atoms with E-state index in [0.29, 0.717) is 5.41 Å². The fourth-order valence-corrected chi connectivity index (χ4v) is 1.53. The molecule has 1 unspecified atom stereocenters. The van der Waals surface area contributed by atoms with Crippen molar-refractivity contribution in [3.63, 3.8) is 0 Å². The van der Waals surface area contributed by atoms with Gasteiger partial charge < -0.3 is 4.74 Å². The number of hydrogen-bond donors (Lipinski definition) is 0. The van der Waals surface area contributed by atoms with Crippen molar-refractivity contribution in [3.8, 4) is 0 Å². The van der Waals surface area contributed by atoms with Crippen LogP contribution in [0.5, 0.6) is 0 Å². The van der Waals surface area contributed by atoms with Crippen LogP contribution in [0.4, 0.5) is 0 Å². The summed E-state index contributed by atoms with van der Waals surface area (Å²) in [5.74, 6) is 0. The van der Waals surface area contributed by atoms with Crippen LogP contribution in [-0.2, 0) is 4.74 Å². The molecule has 1 heterocycles. The van der Waals surface area contributed by atoms with Gasteiger partial charge in [-0.3, -0.25) is 0 Å². The van der Waals surface area contributed by atoms with Gasteiger partial charge in [0, 0.05) is 6.61 Å². The molecule has 8 heavy (non-hydrogen) atoms. The van der Waals surface area contributed by atoms with Gasteiger partial charge in [-0.1, -0.05) is 0 Å². The van der Waals surface area contributed by atoms with Crippen molar-refractivity contribution >= 4 is 0 Å². The maximum atomic E-state index is 5.27. The van der Waals surface area contributed by atoms with Gasteiger partial charge in [-0.25, -0.2) is 0 Å². The fraction of sp³-hybridized carbons (Fsp3) is 0.857. The van der Waals surface area contributed by atoms with E-state index in [1.165, 1.54) is 19.3 Å². The van der Waals surface area contributed by atoms with Gasteiger partial charge in [0.2, 0.25) is 0 Å². The molecular formula is C7H11O. The first-order valence-corrected chi connectivity index (χ1v) is 3.33. The minimum atomic E-state index is 0.569. The van der Waals surface area contributed by atoms with Crippen molar-refractivity contribution in [1.82, 2.24) is 0 Å². The Hall–Kier alpha value is -0.0400. The Balaban J connectivity index is 2.01. The summed E-state index contributed by atoms with van der Waals surface area (Å²) in [6.07, 6.45) is 6.41. The first-order valence-electron chi connectivity index (χ1n) is 3.33. The Kier molecular flexibility index (Phi) is 0.884. The van der Waals surface area contributed by atoms with Gasteiger partial charge in [0.05, 0.1) is 6.61 Å². The third kappa shape index (κ3) is 0.510. The van der Waals surface area contributed by atoms with Gasteiger partial charge in [-0.2, -0.15) is 0 Å². The molecule has 0 aromatic carbocycles. The zero-order valence-corrected chi connectivity index (χ0v) is 5.02. The van der Waals surface area contributed by atoms with E-state index >= 15 is 0 Å². The first-order chi connectivity index (χ1) is 3.91. The highest BCUT2D eigenvalue weighted by molar-refractivity contribution is 5.03. The Morgan fingerprint density at radius 1 is 1.38 bits per heavy atom. The number of hydrogen-bond acceptors (Lipinski definition) is 1. The molecule has 1 aliphatic carbocycles. The maximum Gasteiger partial charge on any atom is 0.0526 e. The van der Waals surface area contributed by atoms with Crippen LogP contribution in [0, 0.1) is 11.8 Å². The second kappa shape index (κ2) is 1.47. The molecule has 0 bridgehead atoms. The fourth-order valence-electron chi connectivity index (χ4n) is 1.53. The lowest BCUT2D eigenvalue weighted by Gasteiger charge is -2.35. The molecule has 45 valence electrons. The standard InChI is InChI=1S/C7H11O/c1-2-7(3-1)4-5-8-6-7/h2H,1,3-6H2. The minimum absolute atomic E-state index is 0.569. The molecule has 1 saturated heterocycles. The molecule has 1 saturated carbocycles. The first kappa shape index (κ1) is 4.80. The average molecular weight is 111 g/mol. The molecule has 1 radical (unpaired) electrons. The van der Waals surface area contributed by atoms with Gasteiger partial charge in [-0.05, 0) is 31.1 Å². The van der Waals surface area contributed by atoms with Crippen molar-refractivity contribution in [2.24, 2.45) is 5.41 Å². The van der Waals surface area contributed by atoms with Crippen molar-refractivity contribution in [2.75, 3.05) is 13.2 Å². The van der Waals surface area contributed by atoms with Crippen LogP contribution in [0.15, 0.2) is 0 Å². The van der Waals surface area contributed by atoms with E-state index in [9.17, 15) is 0 Å². The molecule has 0 amide bonds. The molecular weight excluding hydrogens is 100 g/mol. The second-order valence-corrected chi connectivity index (χ2v) is 2.91. The molecule has 2 rings (SSSR count). The van der Waals surface area contributed by atoms with Gasteiger partial charge >= 0.3 is 0 Å². The lowest BCUT2D eigenvalue weighted by Crippen LogP contribution is -2.29. The molecule has 1 atom stereocenters. The lowest BCUT2D eigenvalue weighted by molar-refractivity contribution is 0.137. The smallest absolute Gasteiger partial charge is 0.0526 e. The van der Waals surface area contributed by atoms with Crippen molar-refractivity contribution in [3.05, 3.63) is 6.42 Å². The van der Waals surface area contributed by atoms with Crippen LogP contribution in [0.3, 0.4) is 0 Å². The average Bonchev–Trinajstić information content (AvgIpc) is 2.07. The third-order valence-electron chi connectivity index (χ3n) is 2.35. The third-order valence-corrected chi connectivity index (χ3v) is 2.35. The quantitative estimate of drug-likeness (QED) is 0.459. The Morgan fingerprint density at radius 2 is 2.25 bits per heavy atom. The van der Waals surface area contributed by atoms with Crippen molar-refractivity contribution in [2.45, 2.75) is 19.3 Å². The van der Waals surface area contributed by atoms with Crippen LogP contribution in [0.1, 0.15) is 19.3 Å². The summed E-state index contributed by atoms with van der Waals surface area (Å²) in [6.45, 7) is 2.00. The van der Waals surface area contributed by atoms with Crippen molar-refractivity contribution < 1.29 is 4.74 Å². The predicted octanol–water partition coefficient (Wildman–Crippen LogP) is 1.39. The molecule has 1 aliphatic heterocycles. The predicted molar refractivity (Wildman–Crippen MR) is 31.4 cm³/mol. The monoisotopic (exact) mass is 111 g/mol. The molecule has 1 spiro atoms. The second-order valence-electron chi connectivity index (χ2n) is 2.91. The van der Waals surface area contributed by atoms with E-state index < -0.39 is 0 Å². The largest absolute Gasteiger partial charge is 0.381 e. The highest BCUT2D eigenvalue weighted by atomic mass is 16.5. The summed E-state index contributed by atoms with van der Waals surface area (Å²) in [5.41, 5.74) is 0.569. The van der Waals surface area contributed by atoms with E-state index in [2.05, 4.69) is 6.42 Å². The Labute approximate surface area is 50.0 Å². The van der Waals surface area contributed by atoms with E-state index in [0.717, 1.165) is 13.2 Å².